The van der Waals surface area contributed by atoms with E-state index in [4.69, 9.17) is 10.5 Å². The molecule has 0 bridgehead atoms. The number of ether oxygens (including phenoxy) is 1. The lowest BCUT2D eigenvalue weighted by Crippen LogP contribution is -2.34. The Morgan fingerprint density at radius 3 is 2.74 bits per heavy atom. The van der Waals surface area contributed by atoms with Crippen LogP contribution in [-0.4, -0.2) is 21.1 Å². The predicted octanol–water partition coefficient (Wildman–Crippen LogP) is 1.22. The molecule has 2 rings (SSSR count). The number of carbonyl (C=O) groups is 1. The maximum Gasteiger partial charge on any atom is 0.329 e. The third-order valence-corrected chi connectivity index (χ3v) is 3.06. The number of carbonyl (C=O) groups excluding carboxylic acids is 1. The summed E-state index contributed by atoms with van der Waals surface area (Å²) >= 11 is 0. The van der Waals surface area contributed by atoms with Crippen LogP contribution in [0.25, 0.3) is 0 Å². The third kappa shape index (κ3) is 2.47. The van der Waals surface area contributed by atoms with Crippen LogP contribution in [0.3, 0.4) is 0 Å². The molecule has 0 aromatic carbocycles. The first-order chi connectivity index (χ1) is 8.70. The monoisotopic (exact) mass is 265 g/mol. The van der Waals surface area contributed by atoms with Crippen molar-refractivity contribution in [3.8, 4) is 0 Å². The Morgan fingerprint density at radius 1 is 1.53 bits per heavy atom. The molecule has 0 spiro atoms. The van der Waals surface area contributed by atoms with Crippen LogP contribution in [0.15, 0.2) is 11.0 Å². The molecule has 104 valence electrons. The molecular formula is C13H19N3O3. The lowest BCUT2D eigenvalue weighted by molar-refractivity contribution is -0.159. The smallest absolute Gasteiger partial charge is 0.329 e. The molecule has 1 aliphatic heterocycles. The van der Waals surface area contributed by atoms with Crippen LogP contribution >= 0.6 is 0 Å². The summed E-state index contributed by atoms with van der Waals surface area (Å²) in [6.45, 7) is 7.32. The maximum atomic E-state index is 12.2. The van der Waals surface area contributed by atoms with Crippen LogP contribution in [-0.2, 0) is 9.53 Å². The minimum atomic E-state index is -0.632. The zero-order valence-corrected chi connectivity index (χ0v) is 11.6. The molecule has 0 aliphatic carbocycles. The molecule has 0 saturated carbocycles. The highest BCUT2D eigenvalue weighted by Gasteiger charge is 2.37. The van der Waals surface area contributed by atoms with E-state index >= 15 is 0 Å². The first-order valence-electron chi connectivity index (χ1n) is 6.30. The van der Waals surface area contributed by atoms with E-state index in [-0.39, 0.29) is 17.2 Å². The van der Waals surface area contributed by atoms with Crippen molar-refractivity contribution in [2.45, 2.75) is 51.7 Å². The van der Waals surface area contributed by atoms with Gasteiger partial charge in [-0.05, 0) is 27.2 Å². The molecule has 19 heavy (non-hydrogen) atoms. The van der Waals surface area contributed by atoms with Gasteiger partial charge in [0.05, 0.1) is 6.20 Å². The Labute approximate surface area is 111 Å². The van der Waals surface area contributed by atoms with Gasteiger partial charge in [0.25, 0.3) is 5.56 Å². The first-order valence-corrected chi connectivity index (χ1v) is 6.30. The average molecular weight is 265 g/mol. The summed E-state index contributed by atoms with van der Waals surface area (Å²) in [6, 6.07) is -0.632. The number of fused-ring (bicyclic) bond motifs is 1. The van der Waals surface area contributed by atoms with Crippen LogP contribution in [0.5, 0.6) is 0 Å². The van der Waals surface area contributed by atoms with Crippen molar-refractivity contribution < 1.29 is 9.53 Å². The Balaban J connectivity index is 2.41. The molecule has 6 heteroatoms. The van der Waals surface area contributed by atoms with Gasteiger partial charge in [0.2, 0.25) is 0 Å². The maximum absolute atomic E-state index is 12.2. The number of nitrogens with two attached hydrogens (primary N) is 1. The third-order valence-electron chi connectivity index (χ3n) is 3.06. The number of anilines is 1. The Bertz CT molecular complexity index is 571. The molecular weight excluding hydrogens is 246 g/mol. The summed E-state index contributed by atoms with van der Waals surface area (Å²) in [6.07, 6.45) is 1.86. The summed E-state index contributed by atoms with van der Waals surface area (Å²) in [5.74, 6) is 0.216. The fourth-order valence-electron chi connectivity index (χ4n) is 2.28. The molecule has 0 amide bonds. The molecule has 2 N–H and O–H groups in total. The van der Waals surface area contributed by atoms with E-state index < -0.39 is 17.6 Å². The van der Waals surface area contributed by atoms with E-state index in [0.29, 0.717) is 12.2 Å². The molecule has 1 aliphatic rings. The molecule has 0 fully saturated rings. The zero-order valence-electron chi connectivity index (χ0n) is 11.6. The number of rotatable bonds is 1. The van der Waals surface area contributed by atoms with Gasteiger partial charge in [-0.3, -0.25) is 9.36 Å². The van der Waals surface area contributed by atoms with Crippen LogP contribution in [0.4, 0.5) is 5.69 Å². The van der Waals surface area contributed by atoms with Gasteiger partial charge in [0.1, 0.15) is 23.2 Å². The van der Waals surface area contributed by atoms with Crippen LogP contribution in [0.1, 0.15) is 51.9 Å². The Morgan fingerprint density at radius 2 is 2.16 bits per heavy atom. The van der Waals surface area contributed by atoms with Crippen molar-refractivity contribution in [2.75, 3.05) is 5.73 Å². The van der Waals surface area contributed by atoms with Gasteiger partial charge < -0.3 is 10.5 Å². The summed E-state index contributed by atoms with van der Waals surface area (Å²) in [5.41, 5.74) is 4.67. The van der Waals surface area contributed by atoms with Crippen molar-refractivity contribution in [3.63, 3.8) is 0 Å². The van der Waals surface area contributed by atoms with Crippen molar-refractivity contribution >= 4 is 11.7 Å². The van der Waals surface area contributed by atoms with Crippen molar-refractivity contribution in [1.82, 2.24) is 9.55 Å². The first kappa shape index (κ1) is 13.6. The molecule has 2 heterocycles. The summed E-state index contributed by atoms with van der Waals surface area (Å²) < 4.78 is 6.72. The van der Waals surface area contributed by atoms with Crippen LogP contribution in [0.2, 0.25) is 0 Å². The average Bonchev–Trinajstić information content (AvgIpc) is 2.60. The molecule has 2 atom stereocenters. The lowest BCUT2D eigenvalue weighted by Gasteiger charge is -2.22. The normalized spacial score (nSPS) is 22.1. The number of hydrogen-bond acceptors (Lipinski definition) is 5. The van der Waals surface area contributed by atoms with Crippen molar-refractivity contribution in [1.29, 1.82) is 0 Å². The molecule has 0 unspecified atom stereocenters. The highest BCUT2D eigenvalue weighted by atomic mass is 16.6. The van der Waals surface area contributed by atoms with E-state index in [2.05, 4.69) is 4.98 Å². The second-order valence-electron chi connectivity index (χ2n) is 5.93. The predicted molar refractivity (Wildman–Crippen MR) is 70.8 cm³/mol. The highest BCUT2D eigenvalue weighted by Crippen LogP contribution is 2.34. The standard InChI is InChI=1S/C13H19N3O3/c1-7-5-9(12(18)19-13(2,3)4)16-10(7)15-6-8(14)11(16)17/h6-7,9H,5,14H2,1-4H3/t7-,9+/m1/s1. The summed E-state index contributed by atoms with van der Waals surface area (Å²) in [7, 11) is 0. The van der Waals surface area contributed by atoms with E-state index in [1.807, 2.05) is 6.92 Å². The van der Waals surface area contributed by atoms with Crippen molar-refractivity contribution in [2.24, 2.45) is 0 Å². The van der Waals surface area contributed by atoms with E-state index in [9.17, 15) is 9.59 Å². The van der Waals surface area contributed by atoms with Gasteiger partial charge in [-0.2, -0.15) is 0 Å². The fraction of sp³-hybridized carbons (Fsp3) is 0.615. The van der Waals surface area contributed by atoms with Gasteiger partial charge in [0, 0.05) is 5.92 Å². The van der Waals surface area contributed by atoms with E-state index in [0.717, 1.165) is 0 Å². The number of esters is 1. The van der Waals surface area contributed by atoms with Gasteiger partial charge in [-0.15, -0.1) is 0 Å². The van der Waals surface area contributed by atoms with E-state index in [1.54, 1.807) is 20.8 Å². The van der Waals surface area contributed by atoms with Crippen molar-refractivity contribution in [3.05, 3.63) is 22.4 Å². The second-order valence-corrected chi connectivity index (χ2v) is 5.93. The number of nitrogen functional groups attached to an aromatic ring is 1. The molecule has 0 radical (unpaired) electrons. The minimum Gasteiger partial charge on any atom is -0.458 e. The van der Waals surface area contributed by atoms with Gasteiger partial charge in [-0.25, -0.2) is 9.78 Å². The zero-order chi connectivity index (χ0) is 14.4. The molecule has 1 aromatic heterocycles. The molecule has 6 nitrogen and oxygen atoms in total. The topological polar surface area (TPSA) is 87.2 Å². The SMILES string of the molecule is C[C@@H]1C[C@@H](C(=O)OC(C)(C)C)n2c1ncc(N)c2=O. The van der Waals surface area contributed by atoms with Crippen LogP contribution in [0, 0.1) is 0 Å². The fourth-order valence-corrected chi connectivity index (χ4v) is 2.28. The number of hydrogen-bond donors (Lipinski definition) is 1. The van der Waals surface area contributed by atoms with Crippen LogP contribution < -0.4 is 11.3 Å². The summed E-state index contributed by atoms with van der Waals surface area (Å²) in [4.78, 5) is 28.4. The highest BCUT2D eigenvalue weighted by molar-refractivity contribution is 5.75. The van der Waals surface area contributed by atoms with Gasteiger partial charge in [0.15, 0.2) is 0 Å². The lowest BCUT2D eigenvalue weighted by atomic mass is 10.1. The molecule has 0 saturated heterocycles. The number of nitrogens with zero attached hydrogens (tertiary/aromatic N) is 2. The summed E-state index contributed by atoms with van der Waals surface area (Å²) in [5, 5.41) is 0. The van der Waals surface area contributed by atoms with Gasteiger partial charge >= 0.3 is 5.97 Å². The van der Waals surface area contributed by atoms with Gasteiger partial charge in [-0.1, -0.05) is 6.92 Å². The minimum absolute atomic E-state index is 0.0332. The largest absolute Gasteiger partial charge is 0.458 e. The molecule has 1 aromatic rings. The quantitative estimate of drug-likeness (QED) is 0.771. The number of aromatic nitrogens is 2. The second kappa shape index (κ2) is 4.36. The Kier molecular flexibility index (Phi) is 3.12. The Hall–Kier alpha value is -1.85. The van der Waals surface area contributed by atoms with E-state index in [1.165, 1.54) is 10.8 Å².